The normalized spacial score (nSPS) is 17.6. The van der Waals surface area contributed by atoms with Gasteiger partial charge in [-0.2, -0.15) is 0 Å². The van der Waals surface area contributed by atoms with Crippen LogP contribution < -0.4 is 5.32 Å². The first kappa shape index (κ1) is 15.5. The molecule has 1 atom stereocenters. The summed E-state index contributed by atoms with van der Waals surface area (Å²) in [6, 6.07) is 3.94. The number of carbonyl (C=O) groups excluding carboxylic acids is 2. The fraction of sp³-hybridized carbons (Fsp3) is 0.333. The minimum Gasteiger partial charge on any atom is -0.350 e. The Morgan fingerprint density at radius 2 is 2.29 bits per heavy atom. The van der Waals surface area contributed by atoms with E-state index in [2.05, 4.69) is 11.9 Å². The molecule has 1 fully saturated rings. The standard InChI is InChI=1S/C15H16ClFN2O2/c1-2-13(20)19-8-4-7-12(19)15(21)18-9-10-5-3-6-11(17)14(10)16/h2-3,5-6,12H,1,4,7-9H2,(H,18,21). The Balaban J connectivity index is 2.00. The van der Waals surface area contributed by atoms with Gasteiger partial charge in [-0.25, -0.2) is 4.39 Å². The number of nitrogens with one attached hydrogen (secondary N) is 1. The van der Waals surface area contributed by atoms with Crippen molar-refractivity contribution >= 4 is 23.4 Å². The highest BCUT2D eigenvalue weighted by Gasteiger charge is 2.32. The summed E-state index contributed by atoms with van der Waals surface area (Å²) in [6.07, 6.45) is 2.59. The van der Waals surface area contributed by atoms with Gasteiger partial charge in [0.05, 0.1) is 5.02 Å². The lowest BCUT2D eigenvalue weighted by Gasteiger charge is -2.22. The summed E-state index contributed by atoms with van der Waals surface area (Å²) in [6.45, 7) is 4.10. The number of rotatable bonds is 4. The molecule has 2 amide bonds. The van der Waals surface area contributed by atoms with E-state index in [-0.39, 0.29) is 23.4 Å². The number of amides is 2. The fourth-order valence-electron chi connectivity index (χ4n) is 2.41. The van der Waals surface area contributed by atoms with Crippen molar-refractivity contribution in [3.63, 3.8) is 0 Å². The summed E-state index contributed by atoms with van der Waals surface area (Å²) in [5, 5.41) is 2.70. The molecule has 1 aliphatic rings. The maximum absolute atomic E-state index is 13.3. The van der Waals surface area contributed by atoms with E-state index < -0.39 is 11.9 Å². The highest BCUT2D eigenvalue weighted by molar-refractivity contribution is 6.31. The third-order valence-electron chi connectivity index (χ3n) is 3.50. The average molecular weight is 311 g/mol. The van der Waals surface area contributed by atoms with Crippen LogP contribution in [-0.2, 0) is 16.1 Å². The number of hydrogen-bond donors (Lipinski definition) is 1. The first-order chi connectivity index (χ1) is 10.0. The van der Waals surface area contributed by atoms with Gasteiger partial charge in [0.15, 0.2) is 0 Å². The number of carbonyl (C=O) groups is 2. The van der Waals surface area contributed by atoms with Crippen LogP contribution in [0.15, 0.2) is 30.9 Å². The molecule has 0 radical (unpaired) electrons. The zero-order valence-electron chi connectivity index (χ0n) is 11.4. The van der Waals surface area contributed by atoms with Crippen molar-refractivity contribution in [1.29, 1.82) is 0 Å². The second-order valence-corrected chi connectivity index (χ2v) is 5.20. The Morgan fingerprint density at radius 3 is 3.00 bits per heavy atom. The molecule has 1 aliphatic heterocycles. The SMILES string of the molecule is C=CC(=O)N1CCCC1C(=O)NCc1cccc(F)c1Cl. The number of hydrogen-bond acceptors (Lipinski definition) is 2. The molecule has 1 unspecified atom stereocenters. The summed E-state index contributed by atoms with van der Waals surface area (Å²) in [5.74, 6) is -1.03. The van der Waals surface area contributed by atoms with Crippen LogP contribution in [0, 0.1) is 5.82 Å². The van der Waals surface area contributed by atoms with E-state index in [0.717, 1.165) is 6.42 Å². The third-order valence-corrected chi connectivity index (χ3v) is 3.92. The predicted octanol–water partition coefficient (Wildman–Crippen LogP) is 2.27. The van der Waals surface area contributed by atoms with Crippen LogP contribution in [0.2, 0.25) is 5.02 Å². The minimum absolute atomic E-state index is 0.00301. The van der Waals surface area contributed by atoms with Crippen LogP contribution in [0.25, 0.3) is 0 Å². The molecule has 0 aliphatic carbocycles. The Labute approximate surface area is 127 Å². The minimum atomic E-state index is -0.521. The van der Waals surface area contributed by atoms with Crippen LogP contribution in [-0.4, -0.2) is 29.3 Å². The van der Waals surface area contributed by atoms with E-state index in [1.807, 2.05) is 0 Å². The topological polar surface area (TPSA) is 49.4 Å². The van der Waals surface area contributed by atoms with E-state index in [4.69, 9.17) is 11.6 Å². The van der Waals surface area contributed by atoms with Crippen molar-refractivity contribution in [1.82, 2.24) is 10.2 Å². The molecule has 0 spiro atoms. The lowest BCUT2D eigenvalue weighted by atomic mass is 10.1. The molecule has 1 aromatic carbocycles. The molecule has 1 aromatic rings. The Morgan fingerprint density at radius 1 is 1.52 bits per heavy atom. The molecular weight excluding hydrogens is 295 g/mol. The number of halogens is 2. The third kappa shape index (κ3) is 3.42. The smallest absolute Gasteiger partial charge is 0.246 e. The molecule has 2 rings (SSSR count). The summed E-state index contributed by atoms with van der Waals surface area (Å²) in [4.78, 5) is 25.3. The summed E-state index contributed by atoms with van der Waals surface area (Å²) in [7, 11) is 0. The van der Waals surface area contributed by atoms with Gasteiger partial charge in [0.1, 0.15) is 11.9 Å². The largest absolute Gasteiger partial charge is 0.350 e. The zero-order chi connectivity index (χ0) is 15.4. The van der Waals surface area contributed by atoms with Crippen LogP contribution in [0.1, 0.15) is 18.4 Å². The van der Waals surface area contributed by atoms with Gasteiger partial charge in [0.25, 0.3) is 0 Å². The molecule has 0 aromatic heterocycles. The van der Waals surface area contributed by atoms with Crippen LogP contribution >= 0.6 is 11.6 Å². The molecular formula is C15H16ClFN2O2. The molecule has 1 N–H and O–H groups in total. The van der Waals surface area contributed by atoms with Gasteiger partial charge >= 0.3 is 0 Å². The highest BCUT2D eigenvalue weighted by Crippen LogP contribution is 2.21. The van der Waals surface area contributed by atoms with Crippen molar-refractivity contribution < 1.29 is 14.0 Å². The van der Waals surface area contributed by atoms with Crippen molar-refractivity contribution in [3.05, 3.63) is 47.3 Å². The maximum Gasteiger partial charge on any atom is 0.246 e. The lowest BCUT2D eigenvalue weighted by molar-refractivity contribution is -0.135. The fourth-order valence-corrected chi connectivity index (χ4v) is 2.60. The number of benzene rings is 1. The van der Waals surface area contributed by atoms with Crippen molar-refractivity contribution in [2.24, 2.45) is 0 Å². The molecule has 6 heteroatoms. The first-order valence-electron chi connectivity index (χ1n) is 6.68. The van der Waals surface area contributed by atoms with Gasteiger partial charge in [-0.05, 0) is 30.5 Å². The molecule has 1 saturated heterocycles. The van der Waals surface area contributed by atoms with Gasteiger partial charge in [0.2, 0.25) is 11.8 Å². The quantitative estimate of drug-likeness (QED) is 0.867. The maximum atomic E-state index is 13.3. The Kier molecular flexibility index (Phi) is 4.96. The van der Waals surface area contributed by atoms with E-state index in [1.54, 1.807) is 6.07 Å². The van der Waals surface area contributed by atoms with Crippen LogP contribution in [0.3, 0.4) is 0 Å². The van der Waals surface area contributed by atoms with Crippen molar-refractivity contribution in [3.8, 4) is 0 Å². The van der Waals surface area contributed by atoms with Crippen LogP contribution in [0.4, 0.5) is 4.39 Å². The average Bonchev–Trinajstić information content (AvgIpc) is 2.97. The lowest BCUT2D eigenvalue weighted by Crippen LogP contribution is -2.45. The first-order valence-corrected chi connectivity index (χ1v) is 7.06. The van der Waals surface area contributed by atoms with E-state index >= 15 is 0 Å². The second-order valence-electron chi connectivity index (χ2n) is 4.82. The Hall–Kier alpha value is -1.88. The van der Waals surface area contributed by atoms with Gasteiger partial charge in [-0.15, -0.1) is 0 Å². The molecule has 1 heterocycles. The summed E-state index contributed by atoms with van der Waals surface area (Å²) >= 11 is 5.83. The van der Waals surface area contributed by atoms with Crippen molar-refractivity contribution in [2.75, 3.05) is 6.54 Å². The predicted molar refractivity (Wildman–Crippen MR) is 78.2 cm³/mol. The van der Waals surface area contributed by atoms with Crippen LogP contribution in [0.5, 0.6) is 0 Å². The molecule has 21 heavy (non-hydrogen) atoms. The summed E-state index contributed by atoms with van der Waals surface area (Å²) < 4.78 is 13.3. The summed E-state index contributed by atoms with van der Waals surface area (Å²) in [5.41, 5.74) is 0.504. The van der Waals surface area contributed by atoms with Gasteiger partial charge < -0.3 is 10.2 Å². The zero-order valence-corrected chi connectivity index (χ0v) is 12.2. The van der Waals surface area contributed by atoms with E-state index in [0.29, 0.717) is 18.5 Å². The molecule has 4 nitrogen and oxygen atoms in total. The monoisotopic (exact) mass is 310 g/mol. The van der Waals surface area contributed by atoms with E-state index in [9.17, 15) is 14.0 Å². The van der Waals surface area contributed by atoms with Gasteiger partial charge in [0, 0.05) is 13.1 Å². The van der Waals surface area contributed by atoms with Gasteiger partial charge in [-0.1, -0.05) is 30.3 Å². The van der Waals surface area contributed by atoms with Crippen molar-refractivity contribution in [2.45, 2.75) is 25.4 Å². The number of likely N-dealkylation sites (tertiary alicyclic amines) is 1. The Bertz CT molecular complexity index is 577. The molecule has 0 bridgehead atoms. The van der Waals surface area contributed by atoms with Gasteiger partial charge in [-0.3, -0.25) is 9.59 Å². The molecule has 0 saturated carbocycles. The van der Waals surface area contributed by atoms with E-state index in [1.165, 1.54) is 23.1 Å². The number of nitrogens with zero attached hydrogens (tertiary/aromatic N) is 1. The molecule has 112 valence electrons. The second kappa shape index (κ2) is 6.72. The highest BCUT2D eigenvalue weighted by atomic mass is 35.5.